The van der Waals surface area contributed by atoms with Gasteiger partial charge in [0.25, 0.3) is 21.6 Å². The molecule has 1 amide bonds. The first-order chi connectivity index (χ1) is 29.0. The summed E-state index contributed by atoms with van der Waals surface area (Å²) in [6.45, 7) is 4.51. The molecule has 5 aromatic rings. The minimum absolute atomic E-state index is 0.0627. The summed E-state index contributed by atoms with van der Waals surface area (Å²) < 4.78 is 70.4. The van der Waals surface area contributed by atoms with E-state index in [1.807, 2.05) is 60.1 Å². The molecular formula is C43H44ClF3N6O6S2. The van der Waals surface area contributed by atoms with E-state index in [0.29, 0.717) is 28.6 Å². The third-order valence-corrected chi connectivity index (χ3v) is 12.7. The van der Waals surface area contributed by atoms with Gasteiger partial charge in [-0.1, -0.05) is 48.0 Å². The highest BCUT2D eigenvalue weighted by molar-refractivity contribution is 7.99. The molecule has 0 radical (unpaired) electrons. The number of halogens is 4. The number of anilines is 2. The average molecular weight is 897 g/mol. The lowest BCUT2D eigenvalue weighted by Crippen LogP contribution is -2.46. The number of nitrogens with one attached hydrogen (secondary N) is 2. The van der Waals surface area contributed by atoms with Crippen LogP contribution >= 0.6 is 23.4 Å². The molecule has 0 bridgehead atoms. The molecule has 1 fully saturated rings. The van der Waals surface area contributed by atoms with Crippen molar-refractivity contribution in [1.82, 2.24) is 14.5 Å². The molecule has 5 aromatic carbocycles. The van der Waals surface area contributed by atoms with Crippen LogP contribution in [0.5, 0.6) is 5.75 Å². The largest absolute Gasteiger partial charge is 0.573 e. The second kappa shape index (κ2) is 20.0. The Kier molecular flexibility index (Phi) is 14.8. The highest BCUT2D eigenvalue weighted by Crippen LogP contribution is 2.32. The predicted molar refractivity (Wildman–Crippen MR) is 233 cm³/mol. The van der Waals surface area contributed by atoms with Crippen molar-refractivity contribution in [3.63, 3.8) is 0 Å². The predicted octanol–water partition coefficient (Wildman–Crippen LogP) is 8.78. The van der Waals surface area contributed by atoms with Crippen molar-refractivity contribution in [2.24, 2.45) is 0 Å². The normalized spacial score (nSPS) is 14.1. The number of carbonyl (C=O) groups is 1. The molecule has 0 spiro atoms. The van der Waals surface area contributed by atoms with Crippen molar-refractivity contribution < 1.29 is 36.0 Å². The van der Waals surface area contributed by atoms with Gasteiger partial charge in [-0.05, 0) is 117 Å². The number of rotatable bonds is 17. The Balaban J connectivity index is 1.05. The molecule has 0 unspecified atom stereocenters. The van der Waals surface area contributed by atoms with E-state index >= 15 is 0 Å². The Morgan fingerprint density at radius 2 is 1.61 bits per heavy atom. The van der Waals surface area contributed by atoms with Crippen LogP contribution in [0.1, 0.15) is 22.3 Å². The number of sulfonamides is 1. The number of nitro benzene ring substituents is 1. The lowest BCUT2D eigenvalue weighted by molar-refractivity contribution is -0.384. The fourth-order valence-corrected chi connectivity index (χ4v) is 8.85. The monoisotopic (exact) mass is 896 g/mol. The maximum atomic E-state index is 13.4. The fourth-order valence-electron chi connectivity index (χ4n) is 6.76. The van der Waals surface area contributed by atoms with E-state index in [0.717, 1.165) is 55.6 Å². The van der Waals surface area contributed by atoms with E-state index in [9.17, 15) is 36.5 Å². The Morgan fingerprint density at radius 3 is 2.25 bits per heavy atom. The Hall–Kier alpha value is -5.33. The molecule has 1 aliphatic heterocycles. The van der Waals surface area contributed by atoms with Crippen LogP contribution in [-0.2, 0) is 16.6 Å². The molecule has 1 aliphatic rings. The topological polar surface area (TPSA) is 137 Å². The Morgan fingerprint density at radius 1 is 0.934 bits per heavy atom. The van der Waals surface area contributed by atoms with Crippen molar-refractivity contribution in [2.45, 2.75) is 35.2 Å². The minimum atomic E-state index is -4.81. The van der Waals surface area contributed by atoms with Crippen molar-refractivity contribution in [1.29, 1.82) is 0 Å². The van der Waals surface area contributed by atoms with Gasteiger partial charge in [0.1, 0.15) is 11.4 Å². The van der Waals surface area contributed by atoms with Crippen LogP contribution in [0.4, 0.5) is 30.2 Å². The molecule has 1 atom stereocenters. The molecule has 0 aliphatic carbocycles. The van der Waals surface area contributed by atoms with E-state index in [-0.39, 0.29) is 23.0 Å². The molecule has 6 rings (SSSR count). The summed E-state index contributed by atoms with van der Waals surface area (Å²) in [4.78, 5) is 31.4. The van der Waals surface area contributed by atoms with Crippen LogP contribution < -0.4 is 19.7 Å². The molecule has 0 aromatic heterocycles. The number of nitro groups is 1. The molecule has 61 heavy (non-hydrogen) atoms. The number of amides is 1. The van der Waals surface area contributed by atoms with Gasteiger partial charge >= 0.3 is 6.36 Å². The molecule has 1 saturated heterocycles. The first kappa shape index (κ1) is 45.2. The summed E-state index contributed by atoms with van der Waals surface area (Å²) in [5.41, 5.74) is 4.01. The summed E-state index contributed by atoms with van der Waals surface area (Å²) in [7, 11) is -0.795. The van der Waals surface area contributed by atoms with Gasteiger partial charge in [-0.15, -0.1) is 24.9 Å². The quantitative estimate of drug-likeness (QED) is 0.0527. The van der Waals surface area contributed by atoms with Gasteiger partial charge in [-0.25, -0.2) is 13.1 Å². The maximum absolute atomic E-state index is 13.4. The van der Waals surface area contributed by atoms with E-state index in [4.69, 9.17) is 11.6 Å². The molecule has 18 heteroatoms. The van der Waals surface area contributed by atoms with Crippen molar-refractivity contribution in [2.75, 3.05) is 62.8 Å². The lowest BCUT2D eigenvalue weighted by Gasteiger charge is -2.36. The van der Waals surface area contributed by atoms with Crippen LogP contribution in [0.25, 0.3) is 11.1 Å². The number of piperazine rings is 1. The third kappa shape index (κ3) is 12.8. The molecule has 2 N–H and O–H groups in total. The van der Waals surface area contributed by atoms with Gasteiger partial charge in [-0.3, -0.25) is 19.8 Å². The summed E-state index contributed by atoms with van der Waals surface area (Å²) in [5, 5.41) is 16.0. The highest BCUT2D eigenvalue weighted by atomic mass is 35.5. The number of thioether (sulfide) groups is 1. The van der Waals surface area contributed by atoms with E-state index in [1.54, 1.807) is 24.3 Å². The van der Waals surface area contributed by atoms with Gasteiger partial charge in [0.15, 0.2) is 0 Å². The standard InChI is InChI=1S/C43H44ClF3N6O6S2/c1-50(2)22-21-34(29-60-37-17-15-36(16-18-37)59-43(45,46)47)48-40-20-19-38(27-41(40)53(55)56)61(57,58)49-42(54)31-9-13-35(14-10-31)52-25-23-51(24-26-52)28-32-5-3-4-6-39(32)30-7-11-33(44)12-8-30/h3-20,27,34,48H,21-26,28-29H2,1-2H3,(H,49,54)/t34-/m1/s1. The molecule has 1 heterocycles. The summed E-state index contributed by atoms with van der Waals surface area (Å²) in [5.74, 6) is -0.875. The Labute approximate surface area is 361 Å². The zero-order valence-corrected chi connectivity index (χ0v) is 35.7. The second-order valence-corrected chi connectivity index (χ2v) is 17.8. The number of carbonyl (C=O) groups excluding carboxylic acids is 1. The van der Waals surface area contributed by atoms with Gasteiger partial charge in [-0.2, -0.15) is 0 Å². The van der Waals surface area contributed by atoms with Crippen molar-refractivity contribution in [3.8, 4) is 16.9 Å². The number of alkyl halides is 3. The van der Waals surface area contributed by atoms with Gasteiger partial charge in [0.2, 0.25) is 0 Å². The van der Waals surface area contributed by atoms with Crippen molar-refractivity contribution in [3.05, 3.63) is 142 Å². The molecule has 0 saturated carbocycles. The van der Waals surface area contributed by atoms with Crippen LogP contribution in [-0.4, -0.2) is 94.0 Å². The van der Waals surface area contributed by atoms with E-state index in [1.165, 1.54) is 53.7 Å². The zero-order chi connectivity index (χ0) is 43.7. The zero-order valence-electron chi connectivity index (χ0n) is 33.3. The smallest absolute Gasteiger partial charge is 0.406 e. The molecule has 322 valence electrons. The fraction of sp³-hybridized carbons (Fsp3) is 0.279. The third-order valence-electron chi connectivity index (χ3n) is 9.93. The minimum Gasteiger partial charge on any atom is -0.406 e. The first-order valence-corrected chi connectivity index (χ1v) is 22.0. The van der Waals surface area contributed by atoms with Crippen LogP contribution in [0, 0.1) is 10.1 Å². The van der Waals surface area contributed by atoms with Gasteiger partial charge < -0.3 is 19.9 Å². The van der Waals surface area contributed by atoms with Gasteiger partial charge in [0, 0.05) is 71.8 Å². The molecule has 12 nitrogen and oxygen atoms in total. The number of ether oxygens (including phenoxy) is 1. The summed E-state index contributed by atoms with van der Waals surface area (Å²) in [6.07, 6.45) is -4.29. The summed E-state index contributed by atoms with van der Waals surface area (Å²) >= 11 is 7.43. The highest BCUT2D eigenvalue weighted by Gasteiger charge is 2.31. The van der Waals surface area contributed by atoms with Crippen LogP contribution in [0.2, 0.25) is 5.02 Å². The number of nitrogens with zero attached hydrogens (tertiary/aromatic N) is 4. The van der Waals surface area contributed by atoms with E-state index < -0.39 is 37.8 Å². The maximum Gasteiger partial charge on any atom is 0.573 e. The first-order valence-electron chi connectivity index (χ1n) is 19.2. The number of benzene rings is 5. The second-order valence-electron chi connectivity index (χ2n) is 14.6. The van der Waals surface area contributed by atoms with Crippen LogP contribution in [0.3, 0.4) is 0 Å². The average Bonchev–Trinajstić information content (AvgIpc) is 3.22. The summed E-state index contributed by atoms with van der Waals surface area (Å²) in [6, 6.07) is 31.1. The lowest BCUT2D eigenvalue weighted by atomic mass is 9.99. The van der Waals surface area contributed by atoms with E-state index in [2.05, 4.69) is 32.0 Å². The number of hydrogen-bond donors (Lipinski definition) is 2. The SMILES string of the molecule is CN(C)CC[C@H](CSc1ccc(OC(F)(F)F)cc1)Nc1ccc(S(=O)(=O)NC(=O)c2ccc(N3CCN(Cc4ccccc4-c4ccc(Cl)cc4)CC3)cc2)cc1[N+](=O)[O-]. The van der Waals surface area contributed by atoms with Gasteiger partial charge in [0.05, 0.1) is 9.82 Å². The number of hydrogen-bond acceptors (Lipinski definition) is 11. The Bertz CT molecular complexity index is 2400. The van der Waals surface area contributed by atoms with Crippen molar-refractivity contribution >= 4 is 56.4 Å². The molecular weight excluding hydrogens is 853 g/mol. The van der Waals surface area contributed by atoms with Crippen LogP contribution in [0.15, 0.2) is 125 Å².